The van der Waals surface area contributed by atoms with E-state index in [0.29, 0.717) is 6.42 Å². The minimum Gasteiger partial charge on any atom is -0.381 e. The van der Waals surface area contributed by atoms with Gasteiger partial charge in [0, 0.05) is 12.5 Å². The Balaban J connectivity index is 2.19. The fraction of sp³-hybridized carbons (Fsp3) is 0.700. The molecule has 2 unspecified atom stereocenters. The summed E-state index contributed by atoms with van der Waals surface area (Å²) in [5.41, 5.74) is -0.313. The van der Waals surface area contributed by atoms with Crippen LogP contribution in [0.1, 0.15) is 20.3 Å². The highest BCUT2D eigenvalue weighted by Crippen LogP contribution is 2.46. The van der Waals surface area contributed by atoms with Gasteiger partial charge in [-0.05, 0) is 6.42 Å². The van der Waals surface area contributed by atoms with E-state index in [9.17, 15) is 14.4 Å². The van der Waals surface area contributed by atoms with Gasteiger partial charge in [0.2, 0.25) is 0 Å². The maximum Gasteiger partial charge on any atom is 0.331 e. The predicted octanol–water partition coefficient (Wildman–Crippen LogP) is -0.122. The normalized spacial score (nSPS) is 32.7. The summed E-state index contributed by atoms with van der Waals surface area (Å²) < 4.78 is 5.23. The monoisotopic (exact) mass is 226 g/mol. The second-order valence-electron chi connectivity index (χ2n) is 4.73. The number of carbonyl (C=O) groups excluding carboxylic acids is 3. The molecular weight excluding hydrogens is 212 g/mol. The van der Waals surface area contributed by atoms with Gasteiger partial charge in [-0.3, -0.25) is 19.8 Å². The number of amides is 4. The number of nitrogens with zero attached hydrogens (tertiary/aromatic N) is 1. The molecule has 1 aliphatic carbocycles. The largest absolute Gasteiger partial charge is 0.381 e. The van der Waals surface area contributed by atoms with Crippen molar-refractivity contribution in [3.05, 3.63) is 0 Å². The molecule has 2 fully saturated rings. The second kappa shape index (κ2) is 3.28. The third kappa shape index (κ3) is 1.26. The van der Waals surface area contributed by atoms with E-state index >= 15 is 0 Å². The van der Waals surface area contributed by atoms with Crippen molar-refractivity contribution in [2.24, 2.45) is 5.41 Å². The molecule has 16 heavy (non-hydrogen) atoms. The van der Waals surface area contributed by atoms with Gasteiger partial charge in [-0.1, -0.05) is 13.8 Å². The van der Waals surface area contributed by atoms with E-state index in [4.69, 9.17) is 4.74 Å². The molecule has 0 radical (unpaired) electrons. The van der Waals surface area contributed by atoms with Crippen molar-refractivity contribution in [2.75, 3.05) is 7.11 Å². The molecule has 0 aromatic heterocycles. The van der Waals surface area contributed by atoms with Gasteiger partial charge in [-0.25, -0.2) is 4.79 Å². The first-order chi connectivity index (χ1) is 7.39. The molecule has 1 heterocycles. The van der Waals surface area contributed by atoms with Crippen LogP contribution in [0, 0.1) is 5.41 Å². The second-order valence-corrected chi connectivity index (χ2v) is 4.73. The minimum atomic E-state index is -0.846. The quantitative estimate of drug-likeness (QED) is 0.526. The lowest BCUT2D eigenvalue weighted by molar-refractivity contribution is -0.154. The highest BCUT2D eigenvalue weighted by atomic mass is 16.5. The number of nitrogens with one attached hydrogen (secondary N) is 1. The van der Waals surface area contributed by atoms with E-state index in [1.54, 1.807) is 7.11 Å². The van der Waals surface area contributed by atoms with Crippen molar-refractivity contribution >= 4 is 17.8 Å². The Kier molecular flexibility index (Phi) is 2.27. The fourth-order valence-corrected chi connectivity index (χ4v) is 2.40. The lowest BCUT2D eigenvalue weighted by Gasteiger charge is -2.53. The van der Waals surface area contributed by atoms with Crippen LogP contribution in [0.2, 0.25) is 0 Å². The zero-order chi connectivity index (χ0) is 12.1. The summed E-state index contributed by atoms with van der Waals surface area (Å²) in [6.07, 6.45) is 0.587. The van der Waals surface area contributed by atoms with Crippen LogP contribution in [0.3, 0.4) is 0 Å². The van der Waals surface area contributed by atoms with Crippen LogP contribution in [0.5, 0.6) is 0 Å². The number of ether oxygens (including phenoxy) is 1. The van der Waals surface area contributed by atoms with Crippen LogP contribution in [-0.4, -0.2) is 42.0 Å². The highest BCUT2D eigenvalue weighted by Gasteiger charge is 2.57. The molecule has 2 aliphatic rings. The predicted molar refractivity (Wildman–Crippen MR) is 53.4 cm³/mol. The van der Waals surface area contributed by atoms with Gasteiger partial charge >= 0.3 is 17.8 Å². The number of methoxy groups -OCH3 is 1. The number of hydrogen-bond acceptors (Lipinski definition) is 4. The Morgan fingerprint density at radius 3 is 2.38 bits per heavy atom. The van der Waals surface area contributed by atoms with E-state index in [0.717, 1.165) is 4.90 Å². The molecule has 4 amide bonds. The summed E-state index contributed by atoms with van der Waals surface area (Å²) in [5.74, 6) is -1.61. The molecule has 0 bridgehead atoms. The molecule has 0 aromatic carbocycles. The molecule has 1 N–H and O–H groups in total. The zero-order valence-corrected chi connectivity index (χ0v) is 9.44. The maximum atomic E-state index is 11.5. The van der Waals surface area contributed by atoms with Crippen LogP contribution in [0.4, 0.5) is 4.79 Å². The van der Waals surface area contributed by atoms with Crippen molar-refractivity contribution in [1.29, 1.82) is 0 Å². The van der Waals surface area contributed by atoms with E-state index in [-0.39, 0.29) is 17.6 Å². The smallest absolute Gasteiger partial charge is 0.331 e. The molecule has 88 valence electrons. The number of carbonyl (C=O) groups is 3. The molecule has 1 saturated carbocycles. The maximum absolute atomic E-state index is 11.5. The third-order valence-corrected chi connectivity index (χ3v) is 3.57. The first-order valence-electron chi connectivity index (χ1n) is 5.11. The highest BCUT2D eigenvalue weighted by molar-refractivity contribution is 6.45. The average Bonchev–Trinajstić information content (AvgIpc) is 2.44. The number of urea groups is 1. The van der Waals surface area contributed by atoms with Gasteiger partial charge < -0.3 is 4.74 Å². The number of rotatable bonds is 2. The zero-order valence-electron chi connectivity index (χ0n) is 9.44. The van der Waals surface area contributed by atoms with Crippen LogP contribution >= 0.6 is 0 Å². The number of imide groups is 2. The van der Waals surface area contributed by atoms with E-state index in [1.165, 1.54) is 0 Å². The first-order valence-corrected chi connectivity index (χ1v) is 5.11. The lowest BCUT2D eigenvalue weighted by Crippen LogP contribution is -2.63. The topological polar surface area (TPSA) is 75.7 Å². The van der Waals surface area contributed by atoms with Crippen LogP contribution in [0.25, 0.3) is 0 Å². The molecule has 2 rings (SSSR count). The summed E-state index contributed by atoms with van der Waals surface area (Å²) in [6, 6.07) is -0.890. The van der Waals surface area contributed by atoms with Gasteiger partial charge in [0.05, 0.1) is 12.1 Å². The molecule has 6 heteroatoms. The Morgan fingerprint density at radius 2 is 2.00 bits per heavy atom. The molecule has 1 saturated heterocycles. The van der Waals surface area contributed by atoms with Gasteiger partial charge in [-0.2, -0.15) is 0 Å². The van der Waals surface area contributed by atoms with Crippen molar-refractivity contribution in [1.82, 2.24) is 10.2 Å². The number of hydrogen-bond donors (Lipinski definition) is 1. The summed E-state index contributed by atoms with van der Waals surface area (Å²) in [4.78, 5) is 35.0. The molecular formula is C10H14N2O4. The van der Waals surface area contributed by atoms with Crippen molar-refractivity contribution in [3.63, 3.8) is 0 Å². The standard InChI is InChI=1S/C10H14N2O4/c1-10(2)5(4-6(10)16-3)12-8(14)7(13)11-9(12)15/h5-6H,4H2,1-3H3,(H,11,13,15). The van der Waals surface area contributed by atoms with E-state index in [2.05, 4.69) is 0 Å². The third-order valence-electron chi connectivity index (χ3n) is 3.57. The van der Waals surface area contributed by atoms with Crippen LogP contribution < -0.4 is 5.32 Å². The van der Waals surface area contributed by atoms with Crippen LogP contribution in [0.15, 0.2) is 0 Å². The van der Waals surface area contributed by atoms with Crippen molar-refractivity contribution in [3.8, 4) is 0 Å². The molecule has 0 spiro atoms. The molecule has 0 aromatic rings. The van der Waals surface area contributed by atoms with Crippen LogP contribution in [-0.2, 0) is 14.3 Å². The molecule has 2 atom stereocenters. The molecule has 6 nitrogen and oxygen atoms in total. The average molecular weight is 226 g/mol. The Labute approximate surface area is 92.9 Å². The Bertz CT molecular complexity index is 377. The van der Waals surface area contributed by atoms with Gasteiger partial charge in [-0.15, -0.1) is 0 Å². The summed E-state index contributed by atoms with van der Waals surface area (Å²) in [7, 11) is 1.60. The first kappa shape index (κ1) is 11.1. The molecule has 1 aliphatic heterocycles. The van der Waals surface area contributed by atoms with Crippen molar-refractivity contribution in [2.45, 2.75) is 32.4 Å². The lowest BCUT2D eigenvalue weighted by atomic mass is 9.64. The van der Waals surface area contributed by atoms with Gasteiger partial charge in [0.15, 0.2) is 0 Å². The van der Waals surface area contributed by atoms with Crippen molar-refractivity contribution < 1.29 is 19.1 Å². The summed E-state index contributed by atoms with van der Waals surface area (Å²) >= 11 is 0. The van der Waals surface area contributed by atoms with Gasteiger partial charge in [0.25, 0.3) is 0 Å². The van der Waals surface area contributed by atoms with Gasteiger partial charge in [0.1, 0.15) is 0 Å². The fourth-order valence-electron chi connectivity index (χ4n) is 2.40. The summed E-state index contributed by atoms with van der Waals surface area (Å²) in [5, 5.41) is 1.99. The Hall–Kier alpha value is -1.43. The summed E-state index contributed by atoms with van der Waals surface area (Å²) in [6.45, 7) is 3.83. The SMILES string of the molecule is COC1CC(N2C(=O)NC(=O)C2=O)C1(C)C. The minimum absolute atomic E-state index is 0.00815. The Morgan fingerprint density at radius 1 is 1.38 bits per heavy atom. The van der Waals surface area contributed by atoms with E-state index in [1.807, 2.05) is 19.2 Å². The van der Waals surface area contributed by atoms with E-state index < -0.39 is 17.8 Å².